The van der Waals surface area contributed by atoms with Crippen LogP contribution in [0.3, 0.4) is 0 Å². The molecule has 0 saturated heterocycles. The van der Waals surface area contributed by atoms with Crippen LogP contribution in [0, 0.1) is 6.92 Å². The predicted molar refractivity (Wildman–Crippen MR) is 66.2 cm³/mol. The number of rotatable bonds is 2. The number of hydrogen-bond acceptors (Lipinski definition) is 3. The van der Waals surface area contributed by atoms with E-state index in [0.29, 0.717) is 22.1 Å². The Morgan fingerprint density at radius 1 is 1.47 bits per heavy atom. The van der Waals surface area contributed by atoms with E-state index >= 15 is 0 Å². The van der Waals surface area contributed by atoms with Crippen molar-refractivity contribution in [2.75, 3.05) is 5.73 Å². The summed E-state index contributed by atoms with van der Waals surface area (Å²) in [5.74, 6) is -0.135. The number of hydrogen-bond donors (Lipinski definition) is 2. The molecule has 0 aliphatic rings. The third kappa shape index (κ3) is 2.09. The number of carbonyl (C=O) groups is 1. The van der Waals surface area contributed by atoms with Crippen molar-refractivity contribution in [2.45, 2.75) is 6.92 Å². The highest BCUT2D eigenvalue weighted by atomic mass is 35.5. The Morgan fingerprint density at radius 3 is 2.71 bits per heavy atom. The fourth-order valence-corrected chi connectivity index (χ4v) is 1.67. The molecule has 4 N–H and O–H groups in total. The number of benzene rings is 1. The van der Waals surface area contributed by atoms with Crippen molar-refractivity contribution in [3.05, 3.63) is 40.5 Å². The second kappa shape index (κ2) is 4.10. The molecule has 0 radical (unpaired) electrons. The Bertz CT molecular complexity index is 572. The van der Waals surface area contributed by atoms with E-state index in [-0.39, 0.29) is 0 Å². The molecule has 2 rings (SSSR count). The number of aryl methyl sites for hydroxylation is 1. The minimum atomic E-state index is -0.539. The van der Waals surface area contributed by atoms with Gasteiger partial charge in [0.25, 0.3) is 5.91 Å². The van der Waals surface area contributed by atoms with Gasteiger partial charge in [-0.2, -0.15) is 5.10 Å². The van der Waals surface area contributed by atoms with Crippen LogP contribution in [0.25, 0.3) is 5.69 Å². The first kappa shape index (κ1) is 11.5. The summed E-state index contributed by atoms with van der Waals surface area (Å²) in [6, 6.07) is 4.78. The molecule has 0 unspecified atom stereocenters. The highest BCUT2D eigenvalue weighted by Crippen LogP contribution is 2.21. The van der Waals surface area contributed by atoms with Crippen LogP contribution in [0.2, 0.25) is 5.02 Å². The summed E-state index contributed by atoms with van der Waals surface area (Å²) in [4.78, 5) is 11.3. The number of aromatic nitrogens is 2. The minimum Gasteiger partial charge on any atom is -0.382 e. The molecule has 0 aliphatic heterocycles. The predicted octanol–water partition coefficient (Wildman–Crippen LogP) is 1.52. The molecule has 17 heavy (non-hydrogen) atoms. The Kier molecular flexibility index (Phi) is 2.77. The van der Waals surface area contributed by atoms with E-state index in [0.717, 1.165) is 5.56 Å². The summed E-state index contributed by atoms with van der Waals surface area (Å²) in [5, 5.41) is 4.59. The summed E-state index contributed by atoms with van der Waals surface area (Å²) in [5.41, 5.74) is 12.6. The molecule has 1 aromatic heterocycles. The zero-order valence-corrected chi connectivity index (χ0v) is 9.90. The Hall–Kier alpha value is -2.01. The maximum atomic E-state index is 11.3. The van der Waals surface area contributed by atoms with Crippen LogP contribution < -0.4 is 11.5 Å². The highest BCUT2D eigenvalue weighted by Gasteiger charge is 2.12. The second-order valence-electron chi connectivity index (χ2n) is 3.67. The van der Waals surface area contributed by atoms with Gasteiger partial charge in [0, 0.05) is 16.8 Å². The van der Waals surface area contributed by atoms with Crippen LogP contribution in [-0.4, -0.2) is 15.7 Å². The lowest BCUT2D eigenvalue weighted by Gasteiger charge is -2.06. The number of anilines is 1. The van der Waals surface area contributed by atoms with Gasteiger partial charge in [0.15, 0.2) is 0 Å². The van der Waals surface area contributed by atoms with E-state index in [1.807, 2.05) is 6.92 Å². The standard InChI is InChI=1S/C11H11ClN4O/c1-6-5-16(15-10(6)13)9-4-7(12)2-3-8(9)11(14)17/h2-5H,1H3,(H2,13,15)(H2,14,17). The van der Waals surface area contributed by atoms with Gasteiger partial charge >= 0.3 is 0 Å². The number of nitrogens with two attached hydrogens (primary N) is 2. The molecule has 1 aromatic carbocycles. The molecule has 88 valence electrons. The van der Waals surface area contributed by atoms with E-state index in [1.54, 1.807) is 24.4 Å². The van der Waals surface area contributed by atoms with Crippen molar-refractivity contribution < 1.29 is 4.79 Å². The zero-order chi connectivity index (χ0) is 12.6. The van der Waals surface area contributed by atoms with Crippen molar-refractivity contribution in [2.24, 2.45) is 5.73 Å². The topological polar surface area (TPSA) is 86.9 Å². The van der Waals surface area contributed by atoms with Crippen molar-refractivity contribution in [1.29, 1.82) is 0 Å². The number of amides is 1. The normalized spacial score (nSPS) is 10.5. The number of halogens is 1. The smallest absolute Gasteiger partial charge is 0.250 e. The summed E-state index contributed by atoms with van der Waals surface area (Å²) in [6.07, 6.45) is 1.72. The average Bonchev–Trinajstić information content (AvgIpc) is 2.58. The number of primary amides is 1. The Labute approximate surface area is 103 Å². The molecule has 0 fully saturated rings. The summed E-state index contributed by atoms with van der Waals surface area (Å²) < 4.78 is 1.50. The van der Waals surface area contributed by atoms with Gasteiger partial charge in [-0.1, -0.05) is 11.6 Å². The lowest BCUT2D eigenvalue weighted by atomic mass is 10.1. The minimum absolute atomic E-state index is 0.344. The van der Waals surface area contributed by atoms with Crippen LogP contribution in [-0.2, 0) is 0 Å². The second-order valence-corrected chi connectivity index (χ2v) is 4.10. The summed E-state index contributed by atoms with van der Waals surface area (Å²) in [7, 11) is 0. The molecule has 0 saturated carbocycles. The van der Waals surface area contributed by atoms with E-state index in [1.165, 1.54) is 4.68 Å². The van der Waals surface area contributed by atoms with Gasteiger partial charge in [0.05, 0.1) is 11.3 Å². The average molecular weight is 251 g/mol. The molecule has 1 heterocycles. The van der Waals surface area contributed by atoms with Gasteiger partial charge < -0.3 is 11.5 Å². The molecule has 0 atom stereocenters. The summed E-state index contributed by atoms with van der Waals surface area (Å²) >= 11 is 5.89. The molecular weight excluding hydrogens is 240 g/mol. The first-order chi connectivity index (χ1) is 7.99. The van der Waals surface area contributed by atoms with Crippen LogP contribution in [0.4, 0.5) is 5.82 Å². The van der Waals surface area contributed by atoms with Gasteiger partial charge in [-0.15, -0.1) is 0 Å². The van der Waals surface area contributed by atoms with Gasteiger partial charge in [-0.3, -0.25) is 4.79 Å². The molecule has 1 amide bonds. The van der Waals surface area contributed by atoms with Crippen molar-refractivity contribution in [1.82, 2.24) is 9.78 Å². The highest BCUT2D eigenvalue weighted by molar-refractivity contribution is 6.31. The quantitative estimate of drug-likeness (QED) is 0.847. The summed E-state index contributed by atoms with van der Waals surface area (Å²) in [6.45, 7) is 1.83. The molecular formula is C11H11ClN4O. The SMILES string of the molecule is Cc1cn(-c2cc(Cl)ccc2C(N)=O)nc1N. The Balaban J connectivity index is 2.64. The molecule has 0 spiro atoms. The first-order valence-electron chi connectivity index (χ1n) is 4.90. The third-order valence-corrected chi connectivity index (χ3v) is 2.64. The van der Waals surface area contributed by atoms with Crippen molar-refractivity contribution in [3.63, 3.8) is 0 Å². The monoisotopic (exact) mass is 250 g/mol. The van der Waals surface area contributed by atoms with E-state index in [2.05, 4.69) is 5.10 Å². The van der Waals surface area contributed by atoms with Gasteiger partial charge in [0.1, 0.15) is 5.82 Å². The Morgan fingerprint density at radius 2 is 2.18 bits per heavy atom. The molecule has 5 nitrogen and oxygen atoms in total. The van der Waals surface area contributed by atoms with Crippen LogP contribution in [0.5, 0.6) is 0 Å². The molecule has 6 heteroatoms. The number of carbonyl (C=O) groups excluding carboxylic acids is 1. The zero-order valence-electron chi connectivity index (χ0n) is 9.14. The van der Waals surface area contributed by atoms with Gasteiger partial charge in [-0.05, 0) is 25.1 Å². The lowest BCUT2D eigenvalue weighted by molar-refractivity contribution is 0.1000. The molecule has 0 bridgehead atoms. The van der Waals surface area contributed by atoms with Crippen molar-refractivity contribution >= 4 is 23.3 Å². The molecule has 0 aliphatic carbocycles. The fraction of sp³-hybridized carbons (Fsp3) is 0.0909. The lowest BCUT2D eigenvalue weighted by Crippen LogP contribution is -2.15. The van der Waals surface area contributed by atoms with E-state index in [4.69, 9.17) is 23.1 Å². The maximum Gasteiger partial charge on any atom is 0.250 e. The molecule has 2 aromatic rings. The third-order valence-electron chi connectivity index (χ3n) is 2.41. The van der Waals surface area contributed by atoms with Crippen LogP contribution >= 0.6 is 11.6 Å². The van der Waals surface area contributed by atoms with Gasteiger partial charge in [0.2, 0.25) is 0 Å². The van der Waals surface area contributed by atoms with E-state index < -0.39 is 5.91 Å². The van der Waals surface area contributed by atoms with E-state index in [9.17, 15) is 4.79 Å². The fourth-order valence-electron chi connectivity index (χ4n) is 1.50. The maximum absolute atomic E-state index is 11.3. The largest absolute Gasteiger partial charge is 0.382 e. The number of nitrogen functional groups attached to an aromatic ring is 1. The van der Waals surface area contributed by atoms with Crippen LogP contribution in [0.1, 0.15) is 15.9 Å². The number of nitrogens with zero attached hydrogens (tertiary/aromatic N) is 2. The van der Waals surface area contributed by atoms with Crippen molar-refractivity contribution in [3.8, 4) is 5.69 Å². The first-order valence-corrected chi connectivity index (χ1v) is 5.28. The van der Waals surface area contributed by atoms with Gasteiger partial charge in [-0.25, -0.2) is 4.68 Å². The van der Waals surface area contributed by atoms with Crippen LogP contribution in [0.15, 0.2) is 24.4 Å².